The van der Waals surface area contributed by atoms with Crippen molar-refractivity contribution in [3.05, 3.63) is 0 Å². The van der Waals surface area contributed by atoms with Gasteiger partial charge < -0.3 is 16.2 Å². The summed E-state index contributed by atoms with van der Waals surface area (Å²) in [6.45, 7) is 2.27. The number of nitrogens with one attached hydrogen (secondary N) is 1. The van der Waals surface area contributed by atoms with Gasteiger partial charge in [0.2, 0.25) is 5.91 Å². The molecule has 0 bridgehead atoms. The first-order chi connectivity index (χ1) is 6.59. The molecule has 4 N–H and O–H groups in total. The van der Waals surface area contributed by atoms with Crippen LogP contribution in [0.5, 0.6) is 0 Å². The first-order valence-corrected chi connectivity index (χ1v) is 5.30. The van der Waals surface area contributed by atoms with E-state index in [1.54, 1.807) is 0 Å². The second-order valence-corrected chi connectivity index (χ2v) is 4.22. The van der Waals surface area contributed by atoms with Crippen LogP contribution in [-0.2, 0) is 4.79 Å². The van der Waals surface area contributed by atoms with E-state index in [1.807, 2.05) is 6.92 Å². The Balaban J connectivity index is 2.02. The molecule has 1 aliphatic rings. The van der Waals surface area contributed by atoms with Crippen molar-refractivity contribution in [3.8, 4) is 0 Å². The number of hydrogen-bond donors (Lipinski definition) is 3. The molecule has 0 aromatic rings. The summed E-state index contributed by atoms with van der Waals surface area (Å²) >= 11 is 0. The minimum absolute atomic E-state index is 0.0120. The van der Waals surface area contributed by atoms with Gasteiger partial charge >= 0.3 is 0 Å². The molecule has 1 saturated carbocycles. The van der Waals surface area contributed by atoms with Gasteiger partial charge in [-0.25, -0.2) is 0 Å². The Labute approximate surface area is 84.9 Å². The highest BCUT2D eigenvalue weighted by atomic mass is 16.3. The van der Waals surface area contributed by atoms with E-state index in [0.29, 0.717) is 25.3 Å². The number of carbonyl (C=O) groups excluding carboxylic acids is 1. The van der Waals surface area contributed by atoms with Crippen molar-refractivity contribution in [2.45, 2.75) is 44.8 Å². The number of aliphatic hydroxyl groups is 1. The van der Waals surface area contributed by atoms with Crippen LogP contribution in [0.25, 0.3) is 0 Å². The molecule has 82 valence electrons. The largest absolute Gasteiger partial charge is 0.391 e. The van der Waals surface area contributed by atoms with Crippen molar-refractivity contribution in [1.82, 2.24) is 5.32 Å². The van der Waals surface area contributed by atoms with Gasteiger partial charge in [0, 0.05) is 19.0 Å². The zero-order chi connectivity index (χ0) is 10.6. The molecule has 0 saturated heterocycles. The van der Waals surface area contributed by atoms with Crippen LogP contribution in [0.4, 0.5) is 0 Å². The number of aliphatic hydroxyl groups excluding tert-OH is 1. The molecule has 2 unspecified atom stereocenters. The average molecular weight is 200 g/mol. The lowest BCUT2D eigenvalue weighted by atomic mass is 10.2. The Bertz CT molecular complexity index is 191. The summed E-state index contributed by atoms with van der Waals surface area (Å²) < 4.78 is 0. The van der Waals surface area contributed by atoms with Crippen LogP contribution >= 0.6 is 0 Å². The summed E-state index contributed by atoms with van der Waals surface area (Å²) in [5, 5.41) is 12.2. The molecule has 1 fully saturated rings. The molecule has 1 amide bonds. The van der Waals surface area contributed by atoms with Gasteiger partial charge in [0.1, 0.15) is 0 Å². The Morgan fingerprint density at radius 3 is 2.79 bits per heavy atom. The molecule has 2 atom stereocenters. The van der Waals surface area contributed by atoms with Gasteiger partial charge in [0.05, 0.1) is 6.10 Å². The molecular formula is C10H20N2O2. The van der Waals surface area contributed by atoms with Gasteiger partial charge in [0.15, 0.2) is 0 Å². The third-order valence-corrected chi connectivity index (χ3v) is 2.50. The second-order valence-electron chi connectivity index (χ2n) is 4.22. The second kappa shape index (κ2) is 5.32. The van der Waals surface area contributed by atoms with E-state index in [1.165, 1.54) is 0 Å². The lowest BCUT2D eigenvalue weighted by molar-refractivity contribution is -0.121. The molecule has 0 spiro atoms. The quantitative estimate of drug-likeness (QED) is 0.565. The molecule has 0 aromatic carbocycles. The number of hydrogen-bond acceptors (Lipinski definition) is 3. The predicted octanol–water partition coefficient (Wildman–Crippen LogP) is 0.000900. The van der Waals surface area contributed by atoms with Crippen LogP contribution in [0.1, 0.15) is 32.6 Å². The highest BCUT2D eigenvalue weighted by Crippen LogP contribution is 2.32. The molecular weight excluding hydrogens is 180 g/mol. The van der Waals surface area contributed by atoms with Crippen molar-refractivity contribution < 1.29 is 9.90 Å². The van der Waals surface area contributed by atoms with E-state index >= 15 is 0 Å². The third-order valence-electron chi connectivity index (χ3n) is 2.50. The Morgan fingerprint density at radius 1 is 1.64 bits per heavy atom. The minimum Gasteiger partial charge on any atom is -0.391 e. The van der Waals surface area contributed by atoms with Gasteiger partial charge in [-0.15, -0.1) is 0 Å². The third kappa shape index (κ3) is 4.58. The van der Waals surface area contributed by atoms with Gasteiger partial charge in [-0.1, -0.05) is 0 Å². The number of rotatable bonds is 6. The maximum atomic E-state index is 11.2. The Morgan fingerprint density at radius 2 is 2.29 bits per heavy atom. The lowest BCUT2D eigenvalue weighted by Crippen LogP contribution is -2.33. The highest BCUT2D eigenvalue weighted by molar-refractivity contribution is 5.75. The molecule has 0 aromatic heterocycles. The van der Waals surface area contributed by atoms with Crippen LogP contribution < -0.4 is 11.1 Å². The SMILES string of the molecule is CC(N)CCC(=O)NCC(O)C1CC1. The fourth-order valence-corrected chi connectivity index (χ4v) is 1.31. The minimum atomic E-state index is -0.353. The first kappa shape index (κ1) is 11.5. The van der Waals surface area contributed by atoms with Crippen molar-refractivity contribution in [2.24, 2.45) is 11.7 Å². The molecule has 1 rings (SSSR count). The van der Waals surface area contributed by atoms with Gasteiger partial charge in [-0.05, 0) is 32.1 Å². The van der Waals surface area contributed by atoms with E-state index in [2.05, 4.69) is 5.32 Å². The maximum absolute atomic E-state index is 11.2. The fourth-order valence-electron chi connectivity index (χ4n) is 1.31. The van der Waals surface area contributed by atoms with Crippen LogP contribution in [0.2, 0.25) is 0 Å². The highest BCUT2D eigenvalue weighted by Gasteiger charge is 2.29. The van der Waals surface area contributed by atoms with Crippen LogP contribution in [0, 0.1) is 5.92 Å². The zero-order valence-electron chi connectivity index (χ0n) is 8.70. The van der Waals surface area contributed by atoms with E-state index in [-0.39, 0.29) is 18.1 Å². The van der Waals surface area contributed by atoms with Gasteiger partial charge in [-0.2, -0.15) is 0 Å². The summed E-state index contributed by atoms with van der Waals surface area (Å²) in [5.41, 5.74) is 5.53. The molecule has 1 aliphatic carbocycles. The molecule has 4 nitrogen and oxygen atoms in total. The van der Waals surface area contributed by atoms with Crippen molar-refractivity contribution in [1.29, 1.82) is 0 Å². The van der Waals surface area contributed by atoms with E-state index in [0.717, 1.165) is 12.8 Å². The number of carbonyl (C=O) groups is 1. The van der Waals surface area contributed by atoms with E-state index < -0.39 is 0 Å². The topological polar surface area (TPSA) is 75.4 Å². The Kier molecular flexibility index (Phi) is 4.35. The van der Waals surface area contributed by atoms with Gasteiger partial charge in [-0.3, -0.25) is 4.79 Å². The fraction of sp³-hybridized carbons (Fsp3) is 0.900. The molecule has 14 heavy (non-hydrogen) atoms. The van der Waals surface area contributed by atoms with Crippen molar-refractivity contribution in [2.75, 3.05) is 6.54 Å². The summed E-state index contributed by atoms with van der Waals surface area (Å²) in [4.78, 5) is 11.2. The van der Waals surface area contributed by atoms with E-state index in [9.17, 15) is 9.90 Å². The number of amides is 1. The maximum Gasteiger partial charge on any atom is 0.220 e. The summed E-state index contributed by atoms with van der Waals surface area (Å²) in [6.07, 6.45) is 2.99. The number of nitrogens with two attached hydrogens (primary N) is 1. The van der Waals surface area contributed by atoms with Crippen molar-refractivity contribution >= 4 is 5.91 Å². The van der Waals surface area contributed by atoms with Crippen molar-refractivity contribution in [3.63, 3.8) is 0 Å². The van der Waals surface area contributed by atoms with Crippen LogP contribution in [-0.4, -0.2) is 29.7 Å². The summed E-state index contributed by atoms with van der Waals surface area (Å²) in [5.74, 6) is 0.408. The monoisotopic (exact) mass is 200 g/mol. The predicted molar refractivity (Wildman–Crippen MR) is 54.6 cm³/mol. The Hall–Kier alpha value is -0.610. The zero-order valence-corrected chi connectivity index (χ0v) is 8.70. The van der Waals surface area contributed by atoms with Crippen LogP contribution in [0.3, 0.4) is 0 Å². The van der Waals surface area contributed by atoms with Crippen LogP contribution in [0.15, 0.2) is 0 Å². The molecule has 4 heteroatoms. The molecule has 0 aliphatic heterocycles. The first-order valence-electron chi connectivity index (χ1n) is 5.30. The summed E-state index contributed by atoms with van der Waals surface area (Å²) in [7, 11) is 0. The standard InChI is InChI=1S/C10H20N2O2/c1-7(11)2-5-10(14)12-6-9(13)8-3-4-8/h7-9,13H,2-6,11H2,1H3,(H,12,14). The molecule has 0 heterocycles. The lowest BCUT2D eigenvalue weighted by Gasteiger charge is -2.11. The van der Waals surface area contributed by atoms with Gasteiger partial charge in [0.25, 0.3) is 0 Å². The average Bonchev–Trinajstić information content (AvgIpc) is 2.93. The normalized spacial score (nSPS) is 20.2. The van der Waals surface area contributed by atoms with E-state index in [4.69, 9.17) is 5.73 Å². The smallest absolute Gasteiger partial charge is 0.220 e. The molecule has 0 radical (unpaired) electrons. The summed E-state index contributed by atoms with van der Waals surface area (Å²) in [6, 6.07) is 0.0640.